The minimum Gasteiger partial charge on any atom is -0.469 e. The number of aryl methyl sites for hydroxylation is 2. The molecule has 1 unspecified atom stereocenters. The maximum atomic E-state index is 12.3. The standard InChI is InChI=1S/C33H45NO10/c1-6-7-12-42-32(37)21-28-17-26(10-8-23(28)2)20-31(36)43-14-13-40-22-25(4)41-15-16-44-33(38)34-29-18-27(11-9-24(29)3)19-30(35)39-5/h8-11,17-18,25H,6-7,12-16,19-22H2,1-5H3,(H,34,38). The molecule has 11 nitrogen and oxygen atoms in total. The van der Waals surface area contributed by atoms with Gasteiger partial charge in [-0.15, -0.1) is 0 Å². The van der Waals surface area contributed by atoms with Gasteiger partial charge in [0.25, 0.3) is 0 Å². The van der Waals surface area contributed by atoms with Crippen LogP contribution < -0.4 is 5.32 Å². The van der Waals surface area contributed by atoms with Gasteiger partial charge in [0, 0.05) is 5.69 Å². The lowest BCUT2D eigenvalue weighted by molar-refractivity contribution is -0.145. The molecule has 1 N–H and O–H groups in total. The number of carbonyl (C=O) groups is 4. The zero-order valence-electron chi connectivity index (χ0n) is 26.4. The molecule has 44 heavy (non-hydrogen) atoms. The van der Waals surface area contributed by atoms with Crippen molar-refractivity contribution in [2.45, 2.75) is 65.9 Å². The third-order valence-electron chi connectivity index (χ3n) is 6.53. The molecule has 1 atom stereocenters. The van der Waals surface area contributed by atoms with Gasteiger partial charge >= 0.3 is 24.0 Å². The number of rotatable bonds is 19. The lowest BCUT2D eigenvalue weighted by Crippen LogP contribution is -2.22. The number of anilines is 1. The van der Waals surface area contributed by atoms with Gasteiger partial charge < -0.3 is 28.4 Å². The predicted octanol–water partition coefficient (Wildman–Crippen LogP) is 4.66. The van der Waals surface area contributed by atoms with Crippen molar-refractivity contribution in [2.24, 2.45) is 0 Å². The van der Waals surface area contributed by atoms with Gasteiger partial charge in [-0.1, -0.05) is 43.7 Å². The fourth-order valence-electron chi connectivity index (χ4n) is 3.97. The molecular formula is C33H45NO10. The second-order valence-corrected chi connectivity index (χ2v) is 10.3. The van der Waals surface area contributed by atoms with Gasteiger partial charge in [-0.2, -0.15) is 0 Å². The Morgan fingerprint density at radius 3 is 2.11 bits per heavy atom. The molecule has 0 aromatic heterocycles. The quantitative estimate of drug-likeness (QED) is 0.135. The number of carbonyl (C=O) groups excluding carboxylic acids is 4. The fourth-order valence-corrected chi connectivity index (χ4v) is 3.97. The van der Waals surface area contributed by atoms with Crippen LogP contribution in [0.4, 0.5) is 10.5 Å². The molecule has 11 heteroatoms. The second-order valence-electron chi connectivity index (χ2n) is 10.3. The van der Waals surface area contributed by atoms with E-state index in [1.165, 1.54) is 7.11 Å². The Hall–Kier alpha value is -3.96. The van der Waals surface area contributed by atoms with Gasteiger partial charge in [0.15, 0.2) is 0 Å². The highest BCUT2D eigenvalue weighted by Gasteiger charge is 2.12. The number of benzene rings is 2. The van der Waals surface area contributed by atoms with E-state index in [2.05, 4.69) is 10.1 Å². The lowest BCUT2D eigenvalue weighted by atomic mass is 10.0. The number of unbranched alkanes of at least 4 members (excludes halogenated alkanes) is 1. The van der Waals surface area contributed by atoms with Crippen LogP contribution in [0, 0.1) is 13.8 Å². The summed E-state index contributed by atoms with van der Waals surface area (Å²) in [5.74, 6) is -1.04. The van der Waals surface area contributed by atoms with Gasteiger partial charge in [0.1, 0.15) is 13.2 Å². The summed E-state index contributed by atoms with van der Waals surface area (Å²) in [4.78, 5) is 48.0. The van der Waals surface area contributed by atoms with Crippen LogP contribution in [0.2, 0.25) is 0 Å². The second kappa shape index (κ2) is 20.1. The van der Waals surface area contributed by atoms with Crippen LogP contribution in [0.15, 0.2) is 36.4 Å². The van der Waals surface area contributed by atoms with Gasteiger partial charge in [0.05, 0.1) is 58.9 Å². The summed E-state index contributed by atoms with van der Waals surface area (Å²) in [6, 6.07) is 10.9. The van der Waals surface area contributed by atoms with Gasteiger partial charge in [0.2, 0.25) is 0 Å². The first-order chi connectivity index (χ1) is 21.1. The predicted molar refractivity (Wildman–Crippen MR) is 164 cm³/mol. The normalized spacial score (nSPS) is 11.4. The van der Waals surface area contributed by atoms with E-state index in [-0.39, 0.29) is 76.3 Å². The highest BCUT2D eigenvalue weighted by Crippen LogP contribution is 2.18. The number of methoxy groups -OCH3 is 1. The minimum absolute atomic E-state index is 0.0372. The Bertz CT molecular complexity index is 1230. The summed E-state index contributed by atoms with van der Waals surface area (Å²) < 4.78 is 31.5. The average molecular weight is 616 g/mol. The van der Waals surface area contributed by atoms with Crippen molar-refractivity contribution in [3.05, 3.63) is 64.2 Å². The number of amides is 1. The van der Waals surface area contributed by atoms with Crippen LogP contribution in [0.5, 0.6) is 0 Å². The van der Waals surface area contributed by atoms with Gasteiger partial charge in [-0.25, -0.2) is 4.79 Å². The van der Waals surface area contributed by atoms with Crippen LogP contribution in [-0.2, 0) is 62.1 Å². The van der Waals surface area contributed by atoms with Gasteiger partial charge in [-0.3, -0.25) is 19.7 Å². The number of esters is 3. The number of ether oxygens (including phenoxy) is 6. The van der Waals surface area contributed by atoms with E-state index in [9.17, 15) is 19.2 Å². The SMILES string of the molecule is CCCCOC(=O)Cc1cc(CC(=O)OCCOCC(C)OCCOC(=O)Nc2cc(CC(=O)OC)ccc2C)ccc1C. The van der Waals surface area contributed by atoms with E-state index in [4.69, 9.17) is 23.7 Å². The molecule has 0 fully saturated rings. The van der Waals surface area contributed by atoms with Crippen LogP contribution in [-0.4, -0.2) is 76.9 Å². The van der Waals surface area contributed by atoms with E-state index in [1.807, 2.05) is 45.9 Å². The van der Waals surface area contributed by atoms with Crippen molar-refractivity contribution in [3.8, 4) is 0 Å². The molecule has 2 rings (SSSR count). The van der Waals surface area contributed by atoms with Crippen LogP contribution >= 0.6 is 0 Å². The Morgan fingerprint density at radius 1 is 0.750 bits per heavy atom. The molecule has 0 aliphatic rings. The van der Waals surface area contributed by atoms with Crippen molar-refractivity contribution < 1.29 is 47.6 Å². The Morgan fingerprint density at radius 2 is 1.39 bits per heavy atom. The molecule has 0 bridgehead atoms. The van der Waals surface area contributed by atoms with Crippen molar-refractivity contribution >= 4 is 29.7 Å². The molecule has 1 amide bonds. The maximum absolute atomic E-state index is 12.3. The molecular weight excluding hydrogens is 570 g/mol. The van der Waals surface area contributed by atoms with Crippen molar-refractivity contribution in [3.63, 3.8) is 0 Å². The summed E-state index contributed by atoms with van der Waals surface area (Å²) in [5, 5.41) is 2.67. The maximum Gasteiger partial charge on any atom is 0.411 e. The lowest BCUT2D eigenvalue weighted by Gasteiger charge is -2.14. The molecule has 0 radical (unpaired) electrons. The van der Waals surface area contributed by atoms with E-state index < -0.39 is 6.09 Å². The third kappa shape index (κ3) is 14.5. The third-order valence-corrected chi connectivity index (χ3v) is 6.53. The molecule has 0 saturated carbocycles. The van der Waals surface area contributed by atoms with Crippen LogP contribution in [0.25, 0.3) is 0 Å². The first kappa shape index (κ1) is 36.2. The van der Waals surface area contributed by atoms with Crippen molar-refractivity contribution in [1.82, 2.24) is 0 Å². The topological polar surface area (TPSA) is 136 Å². The molecule has 0 spiro atoms. The molecule has 2 aromatic carbocycles. The Kier molecular flexibility index (Phi) is 16.5. The summed E-state index contributed by atoms with van der Waals surface area (Å²) >= 11 is 0. The van der Waals surface area contributed by atoms with Crippen LogP contribution in [0.3, 0.4) is 0 Å². The molecule has 0 heterocycles. The monoisotopic (exact) mass is 615 g/mol. The van der Waals surface area contributed by atoms with Crippen molar-refractivity contribution in [1.29, 1.82) is 0 Å². The van der Waals surface area contributed by atoms with Gasteiger partial charge in [-0.05, 0) is 61.1 Å². The van der Waals surface area contributed by atoms with Crippen LogP contribution in [0.1, 0.15) is 54.5 Å². The molecule has 242 valence electrons. The first-order valence-corrected chi connectivity index (χ1v) is 14.8. The summed E-state index contributed by atoms with van der Waals surface area (Å²) in [6.45, 7) is 8.79. The minimum atomic E-state index is -0.635. The molecule has 0 aliphatic heterocycles. The highest BCUT2D eigenvalue weighted by molar-refractivity contribution is 5.86. The largest absolute Gasteiger partial charge is 0.469 e. The summed E-state index contributed by atoms with van der Waals surface area (Å²) in [5.41, 5.74) is 4.63. The summed E-state index contributed by atoms with van der Waals surface area (Å²) in [7, 11) is 1.32. The van der Waals surface area contributed by atoms with E-state index in [1.54, 1.807) is 18.2 Å². The summed E-state index contributed by atoms with van der Waals surface area (Å²) in [6.07, 6.45) is 1.24. The van der Waals surface area contributed by atoms with E-state index in [0.717, 1.165) is 35.1 Å². The number of hydrogen-bond acceptors (Lipinski definition) is 10. The molecule has 0 aliphatic carbocycles. The highest BCUT2D eigenvalue weighted by atomic mass is 16.6. The van der Waals surface area contributed by atoms with Crippen molar-refractivity contribution in [2.75, 3.05) is 52.1 Å². The molecule has 2 aromatic rings. The number of hydrogen-bond donors (Lipinski definition) is 1. The van der Waals surface area contributed by atoms with E-state index >= 15 is 0 Å². The zero-order chi connectivity index (χ0) is 32.3. The molecule has 0 saturated heterocycles. The average Bonchev–Trinajstić information content (AvgIpc) is 2.98. The fraction of sp³-hybridized carbons (Fsp3) is 0.515. The Labute approximate surface area is 259 Å². The van der Waals surface area contributed by atoms with E-state index in [0.29, 0.717) is 17.9 Å². The smallest absolute Gasteiger partial charge is 0.411 e. The number of nitrogens with one attached hydrogen (secondary N) is 1. The Balaban J connectivity index is 1.59. The zero-order valence-corrected chi connectivity index (χ0v) is 26.4. The first-order valence-electron chi connectivity index (χ1n) is 14.8.